The fraction of sp³-hybridized carbons (Fsp3) is 0.500. The highest BCUT2D eigenvalue weighted by Gasteiger charge is 2.31. The topological polar surface area (TPSA) is 96.0 Å². The maximum Gasteiger partial charge on any atom is 0.243 e. The normalized spacial score (nSPS) is 14.6. The molecule has 1 N–H and O–H groups in total. The van der Waals surface area contributed by atoms with Gasteiger partial charge in [0.15, 0.2) is 11.6 Å². The number of hydrogen-bond acceptors (Lipinski definition) is 5. The van der Waals surface area contributed by atoms with E-state index in [1.807, 2.05) is 19.1 Å². The van der Waals surface area contributed by atoms with Crippen molar-refractivity contribution in [2.24, 2.45) is 0 Å². The van der Waals surface area contributed by atoms with Crippen LogP contribution in [0.1, 0.15) is 57.4 Å². The highest BCUT2D eigenvalue weighted by atomic mass is 32.2. The van der Waals surface area contributed by atoms with Crippen LogP contribution < -0.4 is 14.4 Å². The summed E-state index contributed by atoms with van der Waals surface area (Å²) in [6, 6.07) is 9.49. The summed E-state index contributed by atoms with van der Waals surface area (Å²) in [5, 5.41) is 3.09. The van der Waals surface area contributed by atoms with Crippen LogP contribution in [-0.2, 0) is 26.2 Å². The van der Waals surface area contributed by atoms with E-state index in [-0.39, 0.29) is 49.5 Å². The van der Waals surface area contributed by atoms with Gasteiger partial charge in [0.25, 0.3) is 0 Å². The first-order valence-electron chi connectivity index (χ1n) is 13.2. The van der Waals surface area contributed by atoms with Gasteiger partial charge in [0, 0.05) is 31.6 Å². The molecular formula is C28H37F2N3O5S. The van der Waals surface area contributed by atoms with Crippen LogP contribution in [-0.4, -0.2) is 57.1 Å². The monoisotopic (exact) mass is 565 g/mol. The Bertz CT molecular complexity index is 1250. The molecule has 39 heavy (non-hydrogen) atoms. The molecule has 2 amide bonds. The van der Waals surface area contributed by atoms with E-state index >= 15 is 0 Å². The molecule has 0 spiro atoms. The third-order valence-corrected chi connectivity index (χ3v) is 8.11. The summed E-state index contributed by atoms with van der Waals surface area (Å²) in [6.07, 6.45) is 5.37. The van der Waals surface area contributed by atoms with Crippen LogP contribution in [0.25, 0.3) is 0 Å². The Labute approximate surface area is 229 Å². The van der Waals surface area contributed by atoms with E-state index in [0.717, 1.165) is 53.9 Å². The van der Waals surface area contributed by atoms with E-state index in [1.165, 1.54) is 11.0 Å². The van der Waals surface area contributed by atoms with E-state index in [0.29, 0.717) is 12.2 Å². The van der Waals surface area contributed by atoms with Gasteiger partial charge in [0.2, 0.25) is 21.8 Å². The van der Waals surface area contributed by atoms with E-state index < -0.39 is 27.7 Å². The summed E-state index contributed by atoms with van der Waals surface area (Å²) in [5.74, 6) is -2.15. The number of nitrogens with zero attached hydrogens (tertiary/aromatic N) is 2. The molecule has 0 radical (unpaired) electrons. The molecule has 0 aliphatic heterocycles. The number of nitrogens with one attached hydrogen (secondary N) is 1. The first kappa shape index (κ1) is 30.3. The Kier molecular flexibility index (Phi) is 10.7. The number of anilines is 1. The highest BCUT2D eigenvalue weighted by molar-refractivity contribution is 7.92. The summed E-state index contributed by atoms with van der Waals surface area (Å²) < 4.78 is 58.2. The second kappa shape index (κ2) is 13.7. The van der Waals surface area contributed by atoms with Crippen molar-refractivity contribution in [2.45, 2.75) is 70.5 Å². The van der Waals surface area contributed by atoms with Crippen LogP contribution in [0.5, 0.6) is 5.75 Å². The van der Waals surface area contributed by atoms with Gasteiger partial charge in [-0.3, -0.25) is 13.9 Å². The van der Waals surface area contributed by atoms with Crippen molar-refractivity contribution in [3.8, 4) is 5.75 Å². The van der Waals surface area contributed by atoms with Gasteiger partial charge in [-0.2, -0.15) is 0 Å². The van der Waals surface area contributed by atoms with Crippen LogP contribution in [0, 0.1) is 11.6 Å². The van der Waals surface area contributed by atoms with Crippen LogP contribution in [0.3, 0.4) is 0 Å². The van der Waals surface area contributed by atoms with Crippen molar-refractivity contribution >= 4 is 27.5 Å². The number of halogens is 2. The van der Waals surface area contributed by atoms with Crippen molar-refractivity contribution in [1.82, 2.24) is 10.2 Å². The lowest BCUT2D eigenvalue weighted by Crippen LogP contribution is -2.51. The number of carbonyl (C=O) groups excluding carboxylic acids is 2. The van der Waals surface area contributed by atoms with E-state index in [1.54, 1.807) is 19.2 Å². The molecule has 3 rings (SSSR count). The average molecular weight is 566 g/mol. The highest BCUT2D eigenvalue weighted by Crippen LogP contribution is 2.23. The standard InChI is InChI=1S/C28H37F2N3O5S/c1-4-26(28(35)31-21-10-5-6-11-21)32(19-20-9-7-12-23(17-20)38-2)27(34)13-8-16-33(39(3,36)37)22-14-15-24(29)25(30)18-22/h7,9,12,14-15,17-18,21,26H,4-6,8,10-11,13,16,19H2,1-3H3,(H,31,35). The number of methoxy groups -OCH3 is 1. The molecule has 0 bridgehead atoms. The Balaban J connectivity index is 1.78. The number of carbonyl (C=O) groups is 2. The minimum atomic E-state index is -3.83. The van der Waals surface area contributed by atoms with Crippen molar-refractivity contribution < 1.29 is 31.5 Å². The number of sulfonamides is 1. The molecule has 2 aromatic rings. The zero-order chi connectivity index (χ0) is 28.6. The quantitative estimate of drug-likeness (QED) is 0.389. The zero-order valence-electron chi connectivity index (χ0n) is 22.7. The number of benzene rings is 2. The predicted octanol–water partition coefficient (Wildman–Crippen LogP) is 4.39. The lowest BCUT2D eigenvalue weighted by Gasteiger charge is -2.32. The van der Waals surface area contributed by atoms with Crippen molar-refractivity contribution in [3.63, 3.8) is 0 Å². The van der Waals surface area contributed by atoms with Gasteiger partial charge in [0.05, 0.1) is 19.1 Å². The number of rotatable bonds is 13. The number of hydrogen-bond donors (Lipinski definition) is 1. The first-order valence-corrected chi connectivity index (χ1v) is 15.0. The molecule has 1 fully saturated rings. The van der Waals surface area contributed by atoms with Crippen LogP contribution in [0.4, 0.5) is 14.5 Å². The largest absolute Gasteiger partial charge is 0.497 e. The SMILES string of the molecule is CCC(C(=O)NC1CCCC1)N(Cc1cccc(OC)c1)C(=O)CCCN(c1ccc(F)c(F)c1)S(C)(=O)=O. The maximum atomic E-state index is 13.8. The van der Waals surface area contributed by atoms with Gasteiger partial charge in [-0.05, 0) is 55.5 Å². The molecule has 8 nitrogen and oxygen atoms in total. The summed E-state index contributed by atoms with van der Waals surface area (Å²) in [4.78, 5) is 28.3. The smallest absolute Gasteiger partial charge is 0.243 e. The molecule has 1 atom stereocenters. The molecule has 214 valence electrons. The lowest BCUT2D eigenvalue weighted by molar-refractivity contribution is -0.141. The van der Waals surface area contributed by atoms with Crippen LogP contribution in [0.2, 0.25) is 0 Å². The van der Waals surface area contributed by atoms with Crippen LogP contribution >= 0.6 is 0 Å². The fourth-order valence-electron chi connectivity index (χ4n) is 4.90. The van der Waals surface area contributed by atoms with Crippen LogP contribution in [0.15, 0.2) is 42.5 Å². The number of amides is 2. The van der Waals surface area contributed by atoms with E-state index in [2.05, 4.69) is 5.32 Å². The lowest BCUT2D eigenvalue weighted by atomic mass is 10.1. The molecule has 11 heteroatoms. The molecule has 1 unspecified atom stereocenters. The third-order valence-electron chi connectivity index (χ3n) is 6.92. The molecule has 1 aliphatic carbocycles. The van der Waals surface area contributed by atoms with Gasteiger partial charge in [-0.25, -0.2) is 17.2 Å². The zero-order valence-corrected chi connectivity index (χ0v) is 23.5. The van der Waals surface area contributed by atoms with Gasteiger partial charge < -0.3 is 15.0 Å². The molecule has 0 heterocycles. The first-order chi connectivity index (χ1) is 18.5. The summed E-state index contributed by atoms with van der Waals surface area (Å²) in [7, 11) is -2.28. The number of ether oxygens (including phenoxy) is 1. The van der Waals surface area contributed by atoms with E-state index in [4.69, 9.17) is 4.74 Å². The summed E-state index contributed by atoms with van der Waals surface area (Å²) in [6.45, 7) is 1.90. The average Bonchev–Trinajstić information content (AvgIpc) is 3.40. The van der Waals surface area contributed by atoms with Gasteiger partial charge in [0.1, 0.15) is 11.8 Å². The van der Waals surface area contributed by atoms with Crippen molar-refractivity contribution in [3.05, 3.63) is 59.7 Å². The van der Waals surface area contributed by atoms with Gasteiger partial charge in [-0.1, -0.05) is 31.9 Å². The second-order valence-corrected chi connectivity index (χ2v) is 11.7. The Hall–Kier alpha value is -3.21. The molecule has 1 aliphatic rings. The predicted molar refractivity (Wildman–Crippen MR) is 146 cm³/mol. The molecular weight excluding hydrogens is 528 g/mol. The van der Waals surface area contributed by atoms with Crippen molar-refractivity contribution in [2.75, 3.05) is 24.2 Å². The van der Waals surface area contributed by atoms with Crippen molar-refractivity contribution in [1.29, 1.82) is 0 Å². The Morgan fingerprint density at radius 1 is 1.10 bits per heavy atom. The van der Waals surface area contributed by atoms with Gasteiger partial charge in [-0.15, -0.1) is 0 Å². The fourth-order valence-corrected chi connectivity index (χ4v) is 5.86. The molecule has 0 aromatic heterocycles. The molecule has 2 aromatic carbocycles. The third kappa shape index (κ3) is 8.39. The van der Waals surface area contributed by atoms with E-state index in [9.17, 15) is 26.8 Å². The summed E-state index contributed by atoms with van der Waals surface area (Å²) >= 11 is 0. The summed E-state index contributed by atoms with van der Waals surface area (Å²) in [5.41, 5.74) is 0.758. The second-order valence-electron chi connectivity index (χ2n) is 9.82. The molecule has 0 saturated heterocycles. The Morgan fingerprint density at radius 2 is 1.82 bits per heavy atom. The maximum absolute atomic E-state index is 13.8. The van der Waals surface area contributed by atoms with Gasteiger partial charge >= 0.3 is 0 Å². The minimum absolute atomic E-state index is 0.0283. The Morgan fingerprint density at radius 3 is 2.44 bits per heavy atom. The minimum Gasteiger partial charge on any atom is -0.497 e. The molecule has 1 saturated carbocycles.